The van der Waals surface area contributed by atoms with Gasteiger partial charge >= 0.3 is 11.9 Å². The van der Waals surface area contributed by atoms with Crippen LogP contribution in [0.2, 0.25) is 0 Å². The zero-order chi connectivity index (χ0) is 25.8. The molecule has 1 aromatic carbocycles. The molecule has 0 unspecified atom stereocenters. The highest BCUT2D eigenvalue weighted by Crippen LogP contribution is 2.33. The quantitative estimate of drug-likeness (QED) is 0.286. The van der Waals surface area contributed by atoms with Crippen molar-refractivity contribution in [3.63, 3.8) is 0 Å². The van der Waals surface area contributed by atoms with Crippen molar-refractivity contribution in [3.05, 3.63) is 35.9 Å². The van der Waals surface area contributed by atoms with Crippen LogP contribution in [0.3, 0.4) is 0 Å². The van der Waals surface area contributed by atoms with Gasteiger partial charge in [-0.05, 0) is 0 Å². The molecule has 0 saturated heterocycles. The third-order valence-corrected chi connectivity index (χ3v) is 5.04. The van der Waals surface area contributed by atoms with Gasteiger partial charge in [0, 0.05) is 40.7 Å². The van der Waals surface area contributed by atoms with Crippen LogP contribution < -0.4 is 5.32 Å². The first-order chi connectivity index (χ1) is 16.8. The van der Waals surface area contributed by atoms with Gasteiger partial charge < -0.3 is 43.2 Å². The summed E-state index contributed by atoms with van der Waals surface area (Å²) < 4.78 is 43.6. The van der Waals surface area contributed by atoms with Crippen molar-refractivity contribution in [2.45, 2.75) is 50.4 Å². The maximum Gasteiger partial charge on any atom is 0.352 e. The molecule has 0 heterocycles. The van der Waals surface area contributed by atoms with E-state index in [-0.39, 0.29) is 20.4 Å². The molecule has 196 valence electrons. The van der Waals surface area contributed by atoms with Crippen LogP contribution in [-0.4, -0.2) is 90.0 Å². The molecule has 1 fully saturated rings. The fraction of sp³-hybridized carbons (Fsp3) is 0.609. The van der Waals surface area contributed by atoms with Crippen LogP contribution in [-0.2, 0) is 52.3 Å². The summed E-state index contributed by atoms with van der Waals surface area (Å²) in [4.78, 5) is 37.1. The van der Waals surface area contributed by atoms with E-state index in [9.17, 15) is 14.4 Å². The van der Waals surface area contributed by atoms with E-state index in [1.807, 2.05) is 0 Å². The second-order valence-corrected chi connectivity index (χ2v) is 7.64. The standard InChI is InChI=1S/C23H33NO11/c1-14(25)24-17-19(31-11-28-3)21(32-12-29-4)22(33-13-30-5)20(17)35-23(27)18(34-15(2)26)16-9-7-6-8-10-16/h6-10,17-22H,11-13H2,1-5H3,(H,24,25)/t17-,18-,19-,20-,21+,22+/m0/s1. The lowest BCUT2D eigenvalue weighted by atomic mass is 10.1. The molecule has 35 heavy (non-hydrogen) atoms. The summed E-state index contributed by atoms with van der Waals surface area (Å²) in [7, 11) is 4.31. The Morgan fingerprint density at radius 1 is 0.800 bits per heavy atom. The van der Waals surface area contributed by atoms with Crippen molar-refractivity contribution in [2.24, 2.45) is 0 Å². The van der Waals surface area contributed by atoms with E-state index in [2.05, 4.69) is 5.32 Å². The number of carbonyl (C=O) groups excluding carboxylic acids is 3. The van der Waals surface area contributed by atoms with Crippen molar-refractivity contribution in [2.75, 3.05) is 41.7 Å². The van der Waals surface area contributed by atoms with Crippen LogP contribution in [0.4, 0.5) is 0 Å². The number of hydrogen-bond acceptors (Lipinski definition) is 11. The summed E-state index contributed by atoms with van der Waals surface area (Å²) in [5.74, 6) is -1.94. The molecule has 2 rings (SSSR count). The molecule has 1 saturated carbocycles. The van der Waals surface area contributed by atoms with E-state index < -0.39 is 54.4 Å². The highest BCUT2D eigenvalue weighted by molar-refractivity contribution is 5.80. The molecule has 1 N–H and O–H groups in total. The van der Waals surface area contributed by atoms with Gasteiger partial charge in [-0.15, -0.1) is 0 Å². The van der Waals surface area contributed by atoms with Crippen molar-refractivity contribution in [1.29, 1.82) is 0 Å². The van der Waals surface area contributed by atoms with Gasteiger partial charge in [-0.2, -0.15) is 0 Å². The molecular weight excluding hydrogens is 466 g/mol. The highest BCUT2D eigenvalue weighted by Gasteiger charge is 2.56. The summed E-state index contributed by atoms with van der Waals surface area (Å²) in [6.07, 6.45) is -5.09. The van der Waals surface area contributed by atoms with Crippen molar-refractivity contribution >= 4 is 17.8 Å². The molecule has 6 atom stereocenters. The van der Waals surface area contributed by atoms with Crippen LogP contribution in [0.5, 0.6) is 0 Å². The van der Waals surface area contributed by atoms with Gasteiger partial charge in [0.25, 0.3) is 0 Å². The maximum atomic E-state index is 13.3. The molecule has 0 aliphatic heterocycles. The summed E-state index contributed by atoms with van der Waals surface area (Å²) >= 11 is 0. The molecule has 12 nitrogen and oxygen atoms in total. The summed E-state index contributed by atoms with van der Waals surface area (Å²) in [6.45, 7) is 2.07. The second-order valence-electron chi connectivity index (χ2n) is 7.64. The predicted octanol–water partition coefficient (Wildman–Crippen LogP) is 0.688. The Balaban J connectivity index is 2.43. The normalized spacial score (nSPS) is 24.5. The minimum atomic E-state index is -1.34. The Labute approximate surface area is 204 Å². The minimum Gasteiger partial charge on any atom is -0.454 e. The number of nitrogens with one attached hydrogen (secondary N) is 1. The lowest BCUT2D eigenvalue weighted by molar-refractivity contribution is -0.200. The second kappa shape index (κ2) is 14.7. The lowest BCUT2D eigenvalue weighted by Gasteiger charge is -2.28. The smallest absolute Gasteiger partial charge is 0.352 e. The molecule has 12 heteroatoms. The van der Waals surface area contributed by atoms with Crippen molar-refractivity contribution in [3.8, 4) is 0 Å². The summed E-state index contributed by atoms with van der Waals surface area (Å²) in [5, 5.41) is 2.74. The van der Waals surface area contributed by atoms with Crippen molar-refractivity contribution in [1.82, 2.24) is 5.32 Å². The van der Waals surface area contributed by atoms with Crippen LogP contribution in [0.25, 0.3) is 0 Å². The van der Waals surface area contributed by atoms with Crippen LogP contribution >= 0.6 is 0 Å². The highest BCUT2D eigenvalue weighted by atomic mass is 16.7. The fourth-order valence-electron chi connectivity index (χ4n) is 3.77. The first-order valence-corrected chi connectivity index (χ1v) is 10.8. The molecule has 1 amide bonds. The zero-order valence-corrected chi connectivity index (χ0v) is 20.5. The summed E-state index contributed by atoms with van der Waals surface area (Å²) in [5.41, 5.74) is 0.412. The molecule has 0 radical (unpaired) electrons. The van der Waals surface area contributed by atoms with E-state index in [0.717, 1.165) is 0 Å². The Morgan fingerprint density at radius 3 is 1.80 bits per heavy atom. The molecule has 1 aliphatic rings. The number of benzene rings is 1. The predicted molar refractivity (Wildman–Crippen MR) is 119 cm³/mol. The lowest BCUT2D eigenvalue weighted by Crippen LogP contribution is -2.50. The van der Waals surface area contributed by atoms with Crippen molar-refractivity contribution < 1.29 is 52.3 Å². The van der Waals surface area contributed by atoms with E-state index in [1.54, 1.807) is 30.3 Å². The minimum absolute atomic E-state index is 0.127. The molecule has 0 aromatic heterocycles. The Kier molecular flexibility index (Phi) is 12.0. The largest absolute Gasteiger partial charge is 0.454 e. The van der Waals surface area contributed by atoms with Crippen LogP contribution in [0.1, 0.15) is 25.5 Å². The molecule has 1 aromatic rings. The Bertz CT molecular complexity index is 806. The first kappa shape index (κ1) is 28.6. The fourth-order valence-corrected chi connectivity index (χ4v) is 3.77. The van der Waals surface area contributed by atoms with Crippen LogP contribution in [0.15, 0.2) is 30.3 Å². The van der Waals surface area contributed by atoms with Gasteiger partial charge in [0.2, 0.25) is 12.0 Å². The average Bonchev–Trinajstić information content (AvgIpc) is 3.09. The Morgan fingerprint density at radius 2 is 1.31 bits per heavy atom. The van der Waals surface area contributed by atoms with E-state index in [4.69, 9.17) is 37.9 Å². The first-order valence-electron chi connectivity index (χ1n) is 10.8. The molecule has 1 aliphatic carbocycles. The number of carbonyl (C=O) groups is 3. The van der Waals surface area contributed by atoms with Gasteiger partial charge in [-0.1, -0.05) is 30.3 Å². The van der Waals surface area contributed by atoms with E-state index >= 15 is 0 Å². The number of ether oxygens (including phenoxy) is 8. The van der Waals surface area contributed by atoms with Gasteiger partial charge in [0.05, 0.1) is 6.04 Å². The van der Waals surface area contributed by atoms with Gasteiger partial charge in [-0.25, -0.2) is 4.79 Å². The monoisotopic (exact) mass is 499 g/mol. The Hall–Kier alpha value is -2.61. The van der Waals surface area contributed by atoms with E-state index in [1.165, 1.54) is 35.2 Å². The zero-order valence-electron chi connectivity index (χ0n) is 20.5. The SMILES string of the molecule is COCO[C@H]1[C@H](OCOC)[C@@H](OC(=O)[C@@H](OC(C)=O)c2ccccc2)[C@@H](NC(C)=O)[C@@H]1OCOC. The number of esters is 2. The molecule has 0 spiro atoms. The van der Waals surface area contributed by atoms with E-state index in [0.29, 0.717) is 5.56 Å². The molecule has 0 bridgehead atoms. The summed E-state index contributed by atoms with van der Waals surface area (Å²) in [6, 6.07) is 7.51. The van der Waals surface area contributed by atoms with Gasteiger partial charge in [-0.3, -0.25) is 9.59 Å². The van der Waals surface area contributed by atoms with Crippen LogP contribution in [0, 0.1) is 0 Å². The van der Waals surface area contributed by atoms with Gasteiger partial charge in [0.1, 0.15) is 38.7 Å². The third kappa shape index (κ3) is 8.23. The number of methoxy groups -OCH3 is 3. The maximum absolute atomic E-state index is 13.3. The molecular formula is C23H33NO11. The van der Waals surface area contributed by atoms with Gasteiger partial charge in [0.15, 0.2) is 6.10 Å². The average molecular weight is 500 g/mol. The number of amides is 1. The topological polar surface area (TPSA) is 137 Å². The number of hydrogen-bond donors (Lipinski definition) is 1. The third-order valence-electron chi connectivity index (χ3n) is 5.04. The number of rotatable bonds is 14.